The van der Waals surface area contributed by atoms with E-state index in [-0.39, 0.29) is 11.8 Å². The maximum atomic E-state index is 11.8. The number of hydrogen-bond donors (Lipinski definition) is 1. The molecule has 1 rings (SSSR count). The van der Waals surface area contributed by atoms with Crippen molar-refractivity contribution in [1.82, 2.24) is 4.72 Å². The quantitative estimate of drug-likeness (QED) is 0.619. The van der Waals surface area contributed by atoms with Crippen LogP contribution in [0.1, 0.15) is 36.9 Å². The van der Waals surface area contributed by atoms with Crippen molar-refractivity contribution in [3.8, 4) is 0 Å². The van der Waals surface area contributed by atoms with Crippen LogP contribution in [-0.2, 0) is 10.0 Å². The van der Waals surface area contributed by atoms with E-state index < -0.39 is 10.0 Å². The van der Waals surface area contributed by atoms with Gasteiger partial charge in [0.1, 0.15) is 0 Å². The Morgan fingerprint density at radius 1 is 1.22 bits per heavy atom. The number of hydrogen-bond acceptors (Lipinski definition) is 2. The van der Waals surface area contributed by atoms with Gasteiger partial charge in [0, 0.05) is 11.9 Å². The number of benzene rings is 1. The highest BCUT2D eigenvalue weighted by atomic mass is 35.5. The predicted molar refractivity (Wildman–Crippen MR) is 76.5 cm³/mol. The molecule has 0 aliphatic carbocycles. The molecule has 1 aromatic rings. The standard InChI is InChI=1S/C13H20ClNO2S/c1-11-5-7-13(8-6-11)12(2)15-18(16,17)10-4-3-9-14/h5-8,12,15H,3-4,9-10H2,1-2H3/t12-/m1/s1. The fourth-order valence-electron chi connectivity index (χ4n) is 1.64. The first-order valence-electron chi connectivity index (χ1n) is 6.07. The fraction of sp³-hybridized carbons (Fsp3) is 0.538. The van der Waals surface area contributed by atoms with Gasteiger partial charge in [0.25, 0.3) is 0 Å². The van der Waals surface area contributed by atoms with Gasteiger partial charge in [-0.05, 0) is 32.3 Å². The molecule has 0 heterocycles. The first-order chi connectivity index (χ1) is 8.44. The van der Waals surface area contributed by atoms with Gasteiger partial charge in [0.05, 0.1) is 5.75 Å². The molecule has 102 valence electrons. The van der Waals surface area contributed by atoms with Crippen molar-refractivity contribution >= 4 is 21.6 Å². The molecule has 3 nitrogen and oxygen atoms in total. The van der Waals surface area contributed by atoms with E-state index in [1.807, 2.05) is 38.1 Å². The number of unbranched alkanes of at least 4 members (excludes halogenated alkanes) is 1. The first-order valence-corrected chi connectivity index (χ1v) is 8.26. The second kappa shape index (κ2) is 7.12. The van der Waals surface area contributed by atoms with Gasteiger partial charge in [0.2, 0.25) is 10.0 Å². The van der Waals surface area contributed by atoms with E-state index in [0.717, 1.165) is 17.5 Å². The largest absolute Gasteiger partial charge is 0.212 e. The summed E-state index contributed by atoms with van der Waals surface area (Å²) in [6.45, 7) is 3.86. The van der Waals surface area contributed by atoms with E-state index in [1.54, 1.807) is 0 Å². The number of alkyl halides is 1. The third kappa shape index (κ3) is 5.38. The molecule has 0 saturated carbocycles. The van der Waals surface area contributed by atoms with Crippen LogP contribution in [0, 0.1) is 6.92 Å². The molecule has 0 unspecified atom stereocenters. The monoisotopic (exact) mass is 289 g/mol. The molecule has 0 aromatic heterocycles. The second-order valence-electron chi connectivity index (χ2n) is 4.47. The van der Waals surface area contributed by atoms with Crippen LogP contribution in [0.2, 0.25) is 0 Å². The van der Waals surface area contributed by atoms with Crippen molar-refractivity contribution in [3.63, 3.8) is 0 Å². The fourth-order valence-corrected chi connectivity index (χ4v) is 3.20. The van der Waals surface area contributed by atoms with Crippen molar-refractivity contribution in [3.05, 3.63) is 35.4 Å². The van der Waals surface area contributed by atoms with Crippen LogP contribution in [0.25, 0.3) is 0 Å². The van der Waals surface area contributed by atoms with Crippen LogP contribution in [0.3, 0.4) is 0 Å². The lowest BCUT2D eigenvalue weighted by atomic mass is 10.1. The van der Waals surface area contributed by atoms with E-state index >= 15 is 0 Å². The van der Waals surface area contributed by atoms with Gasteiger partial charge in [-0.3, -0.25) is 0 Å². The zero-order valence-electron chi connectivity index (χ0n) is 10.8. The first kappa shape index (κ1) is 15.5. The van der Waals surface area contributed by atoms with Crippen LogP contribution >= 0.6 is 11.6 Å². The molecule has 1 N–H and O–H groups in total. The minimum absolute atomic E-state index is 0.135. The Labute approximate surface area is 115 Å². The lowest BCUT2D eigenvalue weighted by Gasteiger charge is -2.14. The van der Waals surface area contributed by atoms with Gasteiger partial charge in [-0.1, -0.05) is 29.8 Å². The Kier molecular flexibility index (Phi) is 6.12. The molecule has 0 aliphatic rings. The summed E-state index contributed by atoms with van der Waals surface area (Å²) in [6, 6.07) is 7.65. The Bertz CT molecular complexity index is 456. The third-order valence-electron chi connectivity index (χ3n) is 2.73. The van der Waals surface area contributed by atoms with E-state index in [4.69, 9.17) is 11.6 Å². The number of halogens is 1. The van der Waals surface area contributed by atoms with E-state index in [1.165, 1.54) is 0 Å². The lowest BCUT2D eigenvalue weighted by molar-refractivity contribution is 0.564. The number of rotatable bonds is 7. The molecule has 0 radical (unpaired) electrons. The molecule has 0 fully saturated rings. The number of sulfonamides is 1. The molecule has 1 aromatic carbocycles. The predicted octanol–water partition coefficient (Wildman–Crippen LogP) is 2.99. The van der Waals surface area contributed by atoms with Gasteiger partial charge in [-0.15, -0.1) is 11.6 Å². The van der Waals surface area contributed by atoms with Gasteiger partial charge >= 0.3 is 0 Å². The molecular formula is C13H20ClNO2S. The van der Waals surface area contributed by atoms with Crippen molar-refractivity contribution in [2.24, 2.45) is 0 Å². The van der Waals surface area contributed by atoms with Crippen LogP contribution in [0.15, 0.2) is 24.3 Å². The molecule has 0 saturated heterocycles. The Balaban J connectivity index is 2.58. The molecule has 0 spiro atoms. The molecule has 0 amide bonds. The van der Waals surface area contributed by atoms with Crippen molar-refractivity contribution in [2.45, 2.75) is 32.7 Å². The van der Waals surface area contributed by atoms with Gasteiger partial charge in [-0.25, -0.2) is 13.1 Å². The lowest BCUT2D eigenvalue weighted by Crippen LogP contribution is -2.29. The maximum absolute atomic E-state index is 11.8. The van der Waals surface area contributed by atoms with Crippen LogP contribution in [0.4, 0.5) is 0 Å². The summed E-state index contributed by atoms with van der Waals surface area (Å²) < 4.78 is 26.3. The zero-order valence-corrected chi connectivity index (χ0v) is 12.4. The zero-order chi connectivity index (χ0) is 13.6. The van der Waals surface area contributed by atoms with E-state index in [2.05, 4.69) is 4.72 Å². The van der Waals surface area contributed by atoms with Crippen LogP contribution in [-0.4, -0.2) is 20.1 Å². The number of nitrogens with one attached hydrogen (secondary N) is 1. The maximum Gasteiger partial charge on any atom is 0.212 e. The minimum atomic E-state index is -3.22. The molecule has 0 aliphatic heterocycles. The van der Waals surface area contributed by atoms with E-state index in [0.29, 0.717) is 12.3 Å². The van der Waals surface area contributed by atoms with E-state index in [9.17, 15) is 8.42 Å². The summed E-state index contributed by atoms with van der Waals surface area (Å²) in [6.07, 6.45) is 1.32. The Morgan fingerprint density at radius 2 is 1.83 bits per heavy atom. The summed E-state index contributed by atoms with van der Waals surface area (Å²) in [5.74, 6) is 0.638. The summed E-state index contributed by atoms with van der Waals surface area (Å²) in [5.41, 5.74) is 2.14. The smallest absolute Gasteiger partial charge is 0.212 e. The molecule has 5 heteroatoms. The molecular weight excluding hydrogens is 270 g/mol. The molecule has 1 atom stereocenters. The number of aryl methyl sites for hydroxylation is 1. The highest BCUT2D eigenvalue weighted by Gasteiger charge is 2.15. The molecule has 18 heavy (non-hydrogen) atoms. The SMILES string of the molecule is Cc1ccc([C@@H](C)NS(=O)(=O)CCCCCl)cc1. The average molecular weight is 290 g/mol. The molecule has 0 bridgehead atoms. The summed E-state index contributed by atoms with van der Waals surface area (Å²) >= 11 is 5.53. The highest BCUT2D eigenvalue weighted by molar-refractivity contribution is 7.89. The van der Waals surface area contributed by atoms with Crippen LogP contribution in [0.5, 0.6) is 0 Å². The normalized spacial score (nSPS) is 13.5. The van der Waals surface area contributed by atoms with Crippen molar-refractivity contribution < 1.29 is 8.42 Å². The second-order valence-corrected chi connectivity index (χ2v) is 6.72. The topological polar surface area (TPSA) is 46.2 Å². The summed E-state index contributed by atoms with van der Waals surface area (Å²) in [5, 5.41) is 0. The van der Waals surface area contributed by atoms with Gasteiger partial charge in [0.15, 0.2) is 0 Å². The Morgan fingerprint density at radius 3 is 2.39 bits per heavy atom. The minimum Gasteiger partial charge on any atom is -0.212 e. The summed E-state index contributed by atoms with van der Waals surface area (Å²) in [4.78, 5) is 0. The Hall–Kier alpha value is -0.580. The highest BCUT2D eigenvalue weighted by Crippen LogP contribution is 2.14. The van der Waals surface area contributed by atoms with Gasteiger partial charge in [-0.2, -0.15) is 0 Å². The third-order valence-corrected chi connectivity index (χ3v) is 4.54. The summed E-state index contributed by atoms with van der Waals surface area (Å²) in [7, 11) is -3.22. The van der Waals surface area contributed by atoms with Crippen molar-refractivity contribution in [2.75, 3.05) is 11.6 Å². The van der Waals surface area contributed by atoms with Crippen molar-refractivity contribution in [1.29, 1.82) is 0 Å². The van der Waals surface area contributed by atoms with Gasteiger partial charge < -0.3 is 0 Å². The average Bonchev–Trinajstić information content (AvgIpc) is 2.29. The van der Waals surface area contributed by atoms with Crippen LogP contribution < -0.4 is 4.72 Å².